The number of carbonyl (C=O) groups excluding carboxylic acids is 1. The first kappa shape index (κ1) is 21.8. The number of piperidine rings is 1. The quantitative estimate of drug-likeness (QED) is 0.779. The van der Waals surface area contributed by atoms with Crippen LogP contribution < -0.4 is 4.90 Å². The van der Waals surface area contributed by atoms with Crippen molar-refractivity contribution in [2.45, 2.75) is 63.3 Å². The molecule has 2 saturated heterocycles. The number of fused-ring (bicyclic) bond motifs is 1. The third kappa shape index (κ3) is 4.43. The zero-order valence-corrected chi connectivity index (χ0v) is 19.2. The van der Waals surface area contributed by atoms with Gasteiger partial charge in [0.15, 0.2) is 6.54 Å². The van der Waals surface area contributed by atoms with Gasteiger partial charge in [-0.05, 0) is 57.1 Å². The van der Waals surface area contributed by atoms with Crippen LogP contribution in [0, 0.1) is 19.8 Å². The second kappa shape index (κ2) is 8.97. The van der Waals surface area contributed by atoms with Crippen LogP contribution in [0.1, 0.15) is 49.7 Å². The normalized spacial score (nSPS) is 26.4. The minimum Gasteiger partial charge on any atom is -0.335 e. The Morgan fingerprint density at radius 3 is 2.47 bits per heavy atom. The number of rotatable bonds is 4. The average Bonchev–Trinajstić information content (AvgIpc) is 2.73. The smallest absolute Gasteiger partial charge is 0.278 e. The number of sulfonamides is 1. The fourth-order valence-electron chi connectivity index (χ4n) is 5.70. The first-order chi connectivity index (χ1) is 14.4. The maximum absolute atomic E-state index is 13.1. The van der Waals surface area contributed by atoms with E-state index in [4.69, 9.17) is 0 Å². The lowest BCUT2D eigenvalue weighted by atomic mass is 9.78. The van der Waals surface area contributed by atoms with Crippen LogP contribution in [-0.2, 0) is 14.8 Å². The number of aryl methyl sites for hydroxylation is 2. The summed E-state index contributed by atoms with van der Waals surface area (Å²) in [4.78, 5) is 16.9. The fourth-order valence-corrected chi connectivity index (χ4v) is 7.34. The van der Waals surface area contributed by atoms with E-state index in [1.807, 2.05) is 26.0 Å². The lowest BCUT2D eigenvalue weighted by Gasteiger charge is -2.44. The van der Waals surface area contributed by atoms with Crippen LogP contribution in [0.2, 0.25) is 0 Å². The molecule has 4 rings (SSSR count). The molecule has 1 amide bonds. The zero-order valence-electron chi connectivity index (χ0n) is 18.4. The predicted octanol–water partition coefficient (Wildman–Crippen LogP) is 1.37. The maximum atomic E-state index is 13.1. The van der Waals surface area contributed by atoms with Gasteiger partial charge in [0.25, 0.3) is 5.91 Å². The highest BCUT2D eigenvalue weighted by atomic mass is 32.2. The van der Waals surface area contributed by atoms with Crippen LogP contribution in [-0.4, -0.2) is 68.8 Å². The molecular weight excluding hydrogens is 398 g/mol. The Balaban J connectivity index is 1.35. The van der Waals surface area contributed by atoms with Gasteiger partial charge in [-0.25, -0.2) is 8.42 Å². The molecule has 3 aliphatic rings. The number of quaternary nitrogens is 1. The first-order valence-electron chi connectivity index (χ1n) is 11.6. The molecule has 2 aliphatic heterocycles. The van der Waals surface area contributed by atoms with Gasteiger partial charge in [0.2, 0.25) is 10.0 Å². The predicted molar refractivity (Wildman–Crippen MR) is 117 cm³/mol. The SMILES string of the molecule is Cc1ccc(S(=O)(=O)N2CC[NH+](CC(=O)N3CCC[C@H]4CCCC[C@@H]43)CC2)c(C)c1. The molecule has 2 heterocycles. The minimum absolute atomic E-state index is 0.271. The zero-order chi connectivity index (χ0) is 21.3. The van der Waals surface area contributed by atoms with E-state index in [1.54, 1.807) is 10.4 Å². The molecule has 0 unspecified atom stereocenters. The van der Waals surface area contributed by atoms with Gasteiger partial charge < -0.3 is 9.80 Å². The molecule has 0 spiro atoms. The minimum atomic E-state index is -3.47. The third-order valence-electron chi connectivity index (χ3n) is 7.34. The van der Waals surface area contributed by atoms with Crippen molar-refractivity contribution in [2.24, 2.45) is 5.92 Å². The summed E-state index contributed by atoms with van der Waals surface area (Å²) in [5.74, 6) is 0.971. The van der Waals surface area contributed by atoms with Gasteiger partial charge in [0.05, 0.1) is 31.1 Å². The van der Waals surface area contributed by atoms with Crippen LogP contribution in [0.3, 0.4) is 0 Å². The Hall–Kier alpha value is -1.44. The Morgan fingerprint density at radius 1 is 1.03 bits per heavy atom. The Morgan fingerprint density at radius 2 is 1.73 bits per heavy atom. The summed E-state index contributed by atoms with van der Waals surface area (Å²) in [5, 5.41) is 0. The fraction of sp³-hybridized carbons (Fsp3) is 0.696. The molecule has 2 atom stereocenters. The lowest BCUT2D eigenvalue weighted by Crippen LogP contribution is -3.15. The van der Waals surface area contributed by atoms with Gasteiger partial charge in [-0.15, -0.1) is 0 Å². The first-order valence-corrected chi connectivity index (χ1v) is 13.0. The second-order valence-corrected chi connectivity index (χ2v) is 11.3. The van der Waals surface area contributed by atoms with Gasteiger partial charge in [-0.2, -0.15) is 4.31 Å². The number of benzene rings is 1. The molecule has 1 aliphatic carbocycles. The molecular formula is C23H36N3O3S+. The molecule has 1 aromatic carbocycles. The molecule has 1 N–H and O–H groups in total. The average molecular weight is 435 g/mol. The van der Waals surface area contributed by atoms with Gasteiger partial charge in [-0.1, -0.05) is 30.5 Å². The molecule has 0 aromatic heterocycles. The highest BCUT2D eigenvalue weighted by molar-refractivity contribution is 7.89. The summed E-state index contributed by atoms with van der Waals surface area (Å²) >= 11 is 0. The summed E-state index contributed by atoms with van der Waals surface area (Å²) < 4.78 is 27.8. The van der Waals surface area contributed by atoms with Crippen LogP contribution >= 0.6 is 0 Å². The number of nitrogens with zero attached hydrogens (tertiary/aromatic N) is 2. The van der Waals surface area contributed by atoms with E-state index < -0.39 is 10.0 Å². The molecule has 166 valence electrons. The highest BCUT2D eigenvalue weighted by Crippen LogP contribution is 2.35. The van der Waals surface area contributed by atoms with Gasteiger partial charge in [0, 0.05) is 12.6 Å². The number of carbonyl (C=O) groups is 1. The third-order valence-corrected chi connectivity index (χ3v) is 9.40. The van der Waals surface area contributed by atoms with E-state index in [-0.39, 0.29) is 5.91 Å². The number of nitrogens with one attached hydrogen (secondary N) is 1. The molecule has 7 heteroatoms. The van der Waals surface area contributed by atoms with Crippen molar-refractivity contribution in [3.63, 3.8) is 0 Å². The number of hydrogen-bond donors (Lipinski definition) is 1. The monoisotopic (exact) mass is 434 g/mol. The molecule has 1 saturated carbocycles. The Kier molecular flexibility index (Phi) is 6.51. The van der Waals surface area contributed by atoms with Crippen molar-refractivity contribution in [1.82, 2.24) is 9.21 Å². The molecule has 1 aromatic rings. The maximum Gasteiger partial charge on any atom is 0.278 e. The summed E-state index contributed by atoms with van der Waals surface area (Å²) in [5.41, 5.74) is 1.87. The summed E-state index contributed by atoms with van der Waals surface area (Å²) in [7, 11) is -3.47. The molecule has 0 radical (unpaired) electrons. The van der Waals surface area contributed by atoms with E-state index in [0.717, 1.165) is 30.5 Å². The molecule has 3 fully saturated rings. The number of likely N-dealkylation sites (tertiary alicyclic amines) is 1. The Bertz CT molecular complexity index is 876. The lowest BCUT2D eigenvalue weighted by molar-refractivity contribution is -0.896. The van der Waals surface area contributed by atoms with E-state index in [1.165, 1.54) is 30.6 Å². The summed E-state index contributed by atoms with van der Waals surface area (Å²) in [6.07, 6.45) is 7.39. The van der Waals surface area contributed by atoms with Crippen LogP contribution in [0.4, 0.5) is 0 Å². The van der Waals surface area contributed by atoms with Crippen LogP contribution in [0.25, 0.3) is 0 Å². The molecule has 0 bridgehead atoms. The van der Waals surface area contributed by atoms with E-state index in [9.17, 15) is 13.2 Å². The van der Waals surface area contributed by atoms with Crippen LogP contribution in [0.5, 0.6) is 0 Å². The van der Waals surface area contributed by atoms with Crippen molar-refractivity contribution in [3.8, 4) is 0 Å². The molecule has 6 nitrogen and oxygen atoms in total. The van der Waals surface area contributed by atoms with Crippen molar-refractivity contribution in [2.75, 3.05) is 39.3 Å². The van der Waals surface area contributed by atoms with E-state index >= 15 is 0 Å². The van der Waals surface area contributed by atoms with Crippen molar-refractivity contribution in [3.05, 3.63) is 29.3 Å². The summed E-state index contributed by atoms with van der Waals surface area (Å²) in [6.45, 7) is 7.57. The van der Waals surface area contributed by atoms with E-state index in [2.05, 4.69) is 4.90 Å². The highest BCUT2D eigenvalue weighted by Gasteiger charge is 2.38. The van der Waals surface area contributed by atoms with Gasteiger partial charge in [0.1, 0.15) is 0 Å². The Labute approximate surface area is 181 Å². The van der Waals surface area contributed by atoms with Crippen LogP contribution in [0.15, 0.2) is 23.1 Å². The van der Waals surface area contributed by atoms with Crippen molar-refractivity contribution in [1.29, 1.82) is 0 Å². The largest absolute Gasteiger partial charge is 0.335 e. The summed E-state index contributed by atoms with van der Waals surface area (Å²) in [6, 6.07) is 5.95. The topological polar surface area (TPSA) is 62.1 Å². The number of hydrogen-bond acceptors (Lipinski definition) is 3. The standard InChI is InChI=1S/C23H35N3O3S/c1-18-9-10-22(19(2)16-18)30(28,29)25-14-12-24(13-15-25)17-23(27)26-11-5-7-20-6-3-4-8-21(20)26/h9-10,16,20-21H,3-8,11-15,17H2,1-2H3/p+1/t20-,21+/m1/s1. The van der Waals surface area contributed by atoms with E-state index in [0.29, 0.717) is 49.6 Å². The van der Waals surface area contributed by atoms with Crippen molar-refractivity contribution >= 4 is 15.9 Å². The van der Waals surface area contributed by atoms with Gasteiger partial charge >= 0.3 is 0 Å². The number of amides is 1. The van der Waals surface area contributed by atoms with Crippen molar-refractivity contribution < 1.29 is 18.1 Å². The molecule has 30 heavy (non-hydrogen) atoms. The second-order valence-electron chi connectivity index (χ2n) is 9.44. The number of piperazine rings is 1. The van der Waals surface area contributed by atoms with Gasteiger partial charge in [-0.3, -0.25) is 4.79 Å².